The first-order valence-electron chi connectivity index (χ1n) is 9.92. The van der Waals surface area contributed by atoms with Crippen molar-refractivity contribution in [3.05, 3.63) is 76.5 Å². The van der Waals surface area contributed by atoms with Gasteiger partial charge in [-0.25, -0.2) is 0 Å². The minimum absolute atomic E-state index is 0.231. The number of imide groups is 1. The third-order valence-corrected chi connectivity index (χ3v) is 5.41. The van der Waals surface area contributed by atoms with Crippen molar-refractivity contribution in [2.24, 2.45) is 0 Å². The minimum Gasteiger partial charge on any atom is -0.378 e. The lowest BCUT2D eigenvalue weighted by atomic mass is 10.0. The molecule has 0 aromatic heterocycles. The average Bonchev–Trinajstić information content (AvgIpc) is 2.99. The van der Waals surface area contributed by atoms with Crippen LogP contribution in [0.1, 0.15) is 22.3 Å². The van der Waals surface area contributed by atoms with E-state index in [2.05, 4.69) is 0 Å². The molecule has 2 aromatic carbocycles. The number of nitrogens with zero attached hydrogens (tertiary/aromatic N) is 2. The van der Waals surface area contributed by atoms with Crippen LogP contribution in [-0.4, -0.2) is 47.9 Å². The summed E-state index contributed by atoms with van der Waals surface area (Å²) in [5.41, 5.74) is 1.60. The SMILES string of the molecule is Cc1ccc(C2=C(N3CCOCC3)C(=O)N(Cc3cccc(C(F)(F)F)c3)C2=O)cc1. The number of benzene rings is 2. The molecule has 1 fully saturated rings. The number of aryl methyl sites for hydroxylation is 1. The van der Waals surface area contributed by atoms with E-state index in [9.17, 15) is 22.8 Å². The van der Waals surface area contributed by atoms with Crippen LogP contribution in [0.25, 0.3) is 5.57 Å². The molecule has 5 nitrogen and oxygen atoms in total. The van der Waals surface area contributed by atoms with Crippen LogP contribution in [-0.2, 0) is 27.0 Å². The van der Waals surface area contributed by atoms with Gasteiger partial charge in [0.1, 0.15) is 5.70 Å². The Labute approximate surface area is 177 Å². The molecule has 2 aliphatic rings. The summed E-state index contributed by atoms with van der Waals surface area (Å²) in [4.78, 5) is 29.4. The van der Waals surface area contributed by atoms with Crippen LogP contribution in [0.2, 0.25) is 0 Å². The van der Waals surface area contributed by atoms with Gasteiger partial charge in [-0.1, -0.05) is 42.0 Å². The van der Waals surface area contributed by atoms with Gasteiger partial charge < -0.3 is 9.64 Å². The Kier molecular flexibility index (Phi) is 5.58. The first-order chi connectivity index (χ1) is 14.8. The van der Waals surface area contributed by atoms with E-state index in [1.54, 1.807) is 12.1 Å². The molecule has 2 aromatic rings. The standard InChI is InChI=1S/C23H21F3N2O3/c1-15-5-7-17(8-6-15)19-20(27-9-11-31-12-10-27)22(30)28(21(19)29)14-16-3-2-4-18(13-16)23(24,25)26/h2-8,13H,9-12,14H2,1H3. The van der Waals surface area contributed by atoms with Crippen molar-refractivity contribution >= 4 is 17.4 Å². The first-order valence-corrected chi connectivity index (χ1v) is 9.92. The average molecular weight is 430 g/mol. The second-order valence-electron chi connectivity index (χ2n) is 7.58. The van der Waals surface area contributed by atoms with E-state index in [0.717, 1.165) is 22.6 Å². The van der Waals surface area contributed by atoms with E-state index in [1.807, 2.05) is 24.0 Å². The predicted octanol–water partition coefficient (Wildman–Crippen LogP) is 3.63. The molecule has 8 heteroatoms. The number of ether oxygens (including phenoxy) is 1. The zero-order valence-corrected chi connectivity index (χ0v) is 16.9. The number of rotatable bonds is 4. The van der Waals surface area contributed by atoms with Crippen molar-refractivity contribution in [1.29, 1.82) is 0 Å². The van der Waals surface area contributed by atoms with Crippen LogP contribution in [0.3, 0.4) is 0 Å². The lowest BCUT2D eigenvalue weighted by molar-refractivity contribution is -0.138. The smallest absolute Gasteiger partial charge is 0.378 e. The molecule has 0 spiro atoms. The molecule has 2 aliphatic heterocycles. The van der Waals surface area contributed by atoms with Crippen molar-refractivity contribution in [1.82, 2.24) is 9.80 Å². The molecular weight excluding hydrogens is 409 g/mol. The Morgan fingerprint density at radius 2 is 1.65 bits per heavy atom. The second kappa shape index (κ2) is 8.19. The largest absolute Gasteiger partial charge is 0.416 e. The number of morpholine rings is 1. The van der Waals surface area contributed by atoms with Crippen LogP contribution >= 0.6 is 0 Å². The number of hydrogen-bond acceptors (Lipinski definition) is 4. The van der Waals surface area contributed by atoms with E-state index < -0.39 is 23.6 Å². The molecule has 0 N–H and O–H groups in total. The number of carbonyl (C=O) groups is 2. The molecule has 0 unspecified atom stereocenters. The fraction of sp³-hybridized carbons (Fsp3) is 0.304. The van der Waals surface area contributed by atoms with Gasteiger partial charge in [0.15, 0.2) is 0 Å². The van der Waals surface area contributed by atoms with E-state index in [4.69, 9.17) is 4.74 Å². The Morgan fingerprint density at radius 3 is 2.29 bits per heavy atom. The van der Waals surface area contributed by atoms with E-state index in [-0.39, 0.29) is 23.4 Å². The lowest BCUT2D eigenvalue weighted by Crippen LogP contribution is -2.40. The van der Waals surface area contributed by atoms with E-state index in [0.29, 0.717) is 31.9 Å². The van der Waals surface area contributed by atoms with Gasteiger partial charge in [-0.15, -0.1) is 0 Å². The molecule has 0 bridgehead atoms. The molecule has 1 saturated heterocycles. The summed E-state index contributed by atoms with van der Waals surface area (Å²) in [6.45, 7) is 3.47. The van der Waals surface area contributed by atoms with Crippen molar-refractivity contribution in [3.63, 3.8) is 0 Å². The van der Waals surface area contributed by atoms with Crippen LogP contribution < -0.4 is 0 Å². The molecule has 4 rings (SSSR count). The molecule has 0 radical (unpaired) electrons. The highest BCUT2D eigenvalue weighted by atomic mass is 19.4. The van der Waals surface area contributed by atoms with Crippen LogP contribution in [0.4, 0.5) is 13.2 Å². The number of halogens is 3. The lowest BCUT2D eigenvalue weighted by Gasteiger charge is -2.29. The van der Waals surface area contributed by atoms with Gasteiger partial charge in [-0.05, 0) is 30.2 Å². The molecular formula is C23H21F3N2O3. The van der Waals surface area contributed by atoms with E-state index in [1.165, 1.54) is 12.1 Å². The van der Waals surface area contributed by atoms with Crippen molar-refractivity contribution < 1.29 is 27.5 Å². The monoisotopic (exact) mass is 430 g/mol. The first kappa shape index (κ1) is 21.1. The Morgan fingerprint density at radius 1 is 0.968 bits per heavy atom. The summed E-state index contributed by atoms with van der Waals surface area (Å²) < 4.78 is 44.6. The van der Waals surface area contributed by atoms with Gasteiger partial charge in [0.05, 0.1) is 30.9 Å². The van der Waals surface area contributed by atoms with Crippen molar-refractivity contribution in [3.8, 4) is 0 Å². The highest BCUT2D eigenvalue weighted by Crippen LogP contribution is 2.34. The predicted molar refractivity (Wildman–Crippen MR) is 107 cm³/mol. The summed E-state index contributed by atoms with van der Waals surface area (Å²) in [5.74, 6) is -1.01. The van der Waals surface area contributed by atoms with Gasteiger partial charge in [0.2, 0.25) is 0 Å². The van der Waals surface area contributed by atoms with Gasteiger partial charge in [-0.2, -0.15) is 13.2 Å². The summed E-state index contributed by atoms with van der Waals surface area (Å²) in [6, 6.07) is 12.0. The summed E-state index contributed by atoms with van der Waals surface area (Å²) in [5, 5.41) is 0. The third kappa shape index (κ3) is 4.20. The maximum atomic E-state index is 13.3. The number of hydrogen-bond donors (Lipinski definition) is 0. The molecule has 2 heterocycles. The quantitative estimate of drug-likeness (QED) is 0.696. The molecule has 162 valence electrons. The van der Waals surface area contributed by atoms with Gasteiger partial charge in [0.25, 0.3) is 11.8 Å². The maximum Gasteiger partial charge on any atom is 0.416 e. The molecule has 0 atom stereocenters. The van der Waals surface area contributed by atoms with Crippen LogP contribution in [0.15, 0.2) is 54.2 Å². The third-order valence-electron chi connectivity index (χ3n) is 5.41. The van der Waals surface area contributed by atoms with Crippen molar-refractivity contribution in [2.75, 3.05) is 26.3 Å². The van der Waals surface area contributed by atoms with Gasteiger partial charge in [0, 0.05) is 13.1 Å². The molecule has 0 saturated carbocycles. The highest BCUT2D eigenvalue weighted by molar-refractivity contribution is 6.35. The number of amides is 2. The summed E-state index contributed by atoms with van der Waals surface area (Å²) in [7, 11) is 0. The fourth-order valence-corrected chi connectivity index (χ4v) is 3.80. The van der Waals surface area contributed by atoms with Gasteiger partial charge in [-0.3, -0.25) is 14.5 Å². The van der Waals surface area contributed by atoms with E-state index >= 15 is 0 Å². The van der Waals surface area contributed by atoms with Crippen LogP contribution in [0, 0.1) is 6.92 Å². The summed E-state index contributed by atoms with van der Waals surface area (Å²) in [6.07, 6.45) is -4.50. The highest BCUT2D eigenvalue weighted by Gasteiger charge is 2.42. The zero-order valence-electron chi connectivity index (χ0n) is 16.9. The summed E-state index contributed by atoms with van der Waals surface area (Å²) >= 11 is 0. The van der Waals surface area contributed by atoms with Crippen molar-refractivity contribution in [2.45, 2.75) is 19.6 Å². The second-order valence-corrected chi connectivity index (χ2v) is 7.58. The molecule has 2 amide bonds. The normalized spacial score (nSPS) is 17.7. The number of alkyl halides is 3. The maximum absolute atomic E-state index is 13.3. The topological polar surface area (TPSA) is 49.9 Å². The number of carbonyl (C=O) groups excluding carboxylic acids is 2. The zero-order chi connectivity index (χ0) is 22.2. The molecule has 0 aliphatic carbocycles. The Bertz CT molecular complexity index is 1040. The Hall–Kier alpha value is -3.13. The minimum atomic E-state index is -4.50. The van der Waals surface area contributed by atoms with Gasteiger partial charge >= 0.3 is 6.18 Å². The molecule has 31 heavy (non-hydrogen) atoms. The fourth-order valence-electron chi connectivity index (χ4n) is 3.80. The van der Waals surface area contributed by atoms with Crippen LogP contribution in [0.5, 0.6) is 0 Å². The Balaban J connectivity index is 1.70.